The highest BCUT2D eigenvalue weighted by molar-refractivity contribution is 6.30. The molecule has 0 bridgehead atoms. The number of hydrogen-bond acceptors (Lipinski definition) is 5. The molecule has 1 aliphatic rings. The van der Waals surface area contributed by atoms with Crippen LogP contribution in [0.15, 0.2) is 36.4 Å². The van der Waals surface area contributed by atoms with Crippen LogP contribution in [-0.2, 0) is 15.1 Å². The Kier molecular flexibility index (Phi) is 5.48. The first-order chi connectivity index (χ1) is 13.0. The zero-order valence-electron chi connectivity index (χ0n) is 15.4. The molecule has 0 aliphatic carbocycles. The first-order valence-corrected chi connectivity index (χ1v) is 8.99. The topological polar surface area (TPSA) is 77.0 Å². The Hall–Kier alpha value is -2.44. The monoisotopic (exact) mass is 391 g/mol. The molecule has 144 valence electrons. The molecule has 27 heavy (non-hydrogen) atoms. The Morgan fingerprint density at radius 1 is 1.19 bits per heavy atom. The van der Waals surface area contributed by atoms with Crippen molar-refractivity contribution in [3.63, 3.8) is 0 Å². The van der Waals surface area contributed by atoms with E-state index < -0.39 is 11.6 Å². The van der Waals surface area contributed by atoms with Gasteiger partial charge < -0.3 is 24.6 Å². The average Bonchev–Trinajstić information content (AvgIpc) is 2.67. The van der Waals surface area contributed by atoms with Gasteiger partial charge in [-0.2, -0.15) is 0 Å². The lowest BCUT2D eigenvalue weighted by molar-refractivity contribution is -0.169. The Morgan fingerprint density at radius 2 is 1.81 bits per heavy atom. The van der Waals surface area contributed by atoms with Gasteiger partial charge in [0.15, 0.2) is 5.60 Å². The Bertz CT molecular complexity index is 839. The number of halogens is 1. The maximum absolute atomic E-state index is 12.5. The molecular formula is C20H22ClNO5. The Morgan fingerprint density at radius 3 is 2.37 bits per heavy atom. The number of carboxylic acid groups (broad SMARTS) is 1. The van der Waals surface area contributed by atoms with E-state index >= 15 is 0 Å². The second-order valence-electron chi connectivity index (χ2n) is 6.24. The van der Waals surface area contributed by atoms with Gasteiger partial charge in [-0.3, -0.25) is 0 Å². The summed E-state index contributed by atoms with van der Waals surface area (Å²) in [6, 6.07) is 10.4. The van der Waals surface area contributed by atoms with E-state index in [1.807, 2.05) is 12.1 Å². The third-order valence-electron chi connectivity index (χ3n) is 4.79. The second-order valence-corrected chi connectivity index (χ2v) is 6.67. The number of aliphatic carboxylic acids is 1. The summed E-state index contributed by atoms with van der Waals surface area (Å²) in [6.45, 7) is 2.01. The third kappa shape index (κ3) is 3.31. The minimum absolute atomic E-state index is 0.189. The molecule has 6 nitrogen and oxygen atoms in total. The van der Waals surface area contributed by atoms with E-state index in [1.54, 1.807) is 38.3 Å². The lowest BCUT2D eigenvalue weighted by Gasteiger charge is -2.41. The summed E-state index contributed by atoms with van der Waals surface area (Å²) in [6.07, 6.45) is 0.189. The number of nitrogens with one attached hydrogen (secondary N) is 1. The molecule has 0 fully saturated rings. The van der Waals surface area contributed by atoms with Gasteiger partial charge in [0.25, 0.3) is 0 Å². The molecule has 2 aromatic carbocycles. The zero-order valence-corrected chi connectivity index (χ0v) is 16.2. The van der Waals surface area contributed by atoms with Crippen LogP contribution in [0.25, 0.3) is 0 Å². The van der Waals surface area contributed by atoms with E-state index in [4.69, 9.17) is 25.8 Å². The van der Waals surface area contributed by atoms with Crippen LogP contribution in [0.5, 0.6) is 11.5 Å². The van der Waals surface area contributed by atoms with Gasteiger partial charge in [-0.25, -0.2) is 4.79 Å². The average molecular weight is 392 g/mol. The first-order valence-electron chi connectivity index (χ1n) is 8.61. The molecule has 7 heteroatoms. The maximum Gasteiger partial charge on any atom is 0.341 e. The summed E-state index contributed by atoms with van der Waals surface area (Å²) in [5, 5.41) is 14.2. The second kappa shape index (κ2) is 7.66. The molecule has 0 saturated carbocycles. The van der Waals surface area contributed by atoms with E-state index in [0.29, 0.717) is 27.8 Å². The van der Waals surface area contributed by atoms with Crippen molar-refractivity contribution in [2.75, 3.05) is 26.1 Å². The van der Waals surface area contributed by atoms with Crippen LogP contribution >= 0.6 is 11.6 Å². The number of carboxylic acids is 1. The van der Waals surface area contributed by atoms with Gasteiger partial charge in [0.1, 0.15) is 11.5 Å². The van der Waals surface area contributed by atoms with Crippen molar-refractivity contribution in [1.29, 1.82) is 0 Å². The summed E-state index contributed by atoms with van der Waals surface area (Å²) in [5.74, 6) is -0.115. The van der Waals surface area contributed by atoms with E-state index in [2.05, 4.69) is 5.32 Å². The van der Waals surface area contributed by atoms with E-state index in [9.17, 15) is 9.90 Å². The minimum atomic E-state index is -1.57. The van der Waals surface area contributed by atoms with Crippen molar-refractivity contribution < 1.29 is 24.1 Å². The smallest absolute Gasteiger partial charge is 0.341 e. The first kappa shape index (κ1) is 19.3. The van der Waals surface area contributed by atoms with Gasteiger partial charge in [-0.15, -0.1) is 0 Å². The van der Waals surface area contributed by atoms with Crippen LogP contribution in [0.1, 0.15) is 30.5 Å². The largest absolute Gasteiger partial charge is 0.496 e. The van der Waals surface area contributed by atoms with Crippen molar-refractivity contribution in [1.82, 2.24) is 0 Å². The van der Waals surface area contributed by atoms with Crippen LogP contribution in [0, 0.1) is 0 Å². The molecule has 0 spiro atoms. The number of benzene rings is 2. The maximum atomic E-state index is 12.5. The zero-order chi connectivity index (χ0) is 19.6. The molecule has 0 unspecified atom stereocenters. The molecule has 0 aromatic heterocycles. The number of hydrogen-bond donors (Lipinski definition) is 2. The highest BCUT2D eigenvalue weighted by Crippen LogP contribution is 2.52. The Balaban J connectivity index is 2.24. The fraction of sp³-hybridized carbons (Fsp3) is 0.350. The van der Waals surface area contributed by atoms with Crippen molar-refractivity contribution in [3.8, 4) is 11.5 Å². The summed E-state index contributed by atoms with van der Waals surface area (Å²) in [4.78, 5) is 12.5. The van der Waals surface area contributed by atoms with Crippen molar-refractivity contribution >= 4 is 23.3 Å². The molecule has 2 aromatic rings. The number of anilines is 1. The lowest BCUT2D eigenvalue weighted by Crippen LogP contribution is -2.45. The van der Waals surface area contributed by atoms with Crippen molar-refractivity contribution in [3.05, 3.63) is 52.5 Å². The van der Waals surface area contributed by atoms with Crippen LogP contribution in [0.3, 0.4) is 0 Å². The number of ether oxygens (including phenoxy) is 3. The molecule has 2 atom stereocenters. The van der Waals surface area contributed by atoms with E-state index in [1.165, 1.54) is 7.11 Å². The van der Waals surface area contributed by atoms with E-state index in [-0.39, 0.29) is 19.1 Å². The predicted molar refractivity (Wildman–Crippen MR) is 103 cm³/mol. The van der Waals surface area contributed by atoms with Crippen LogP contribution in [-0.4, -0.2) is 31.9 Å². The molecule has 0 saturated heterocycles. The van der Waals surface area contributed by atoms with Gasteiger partial charge in [0.2, 0.25) is 0 Å². The highest BCUT2D eigenvalue weighted by Gasteiger charge is 2.51. The number of fused-ring (bicyclic) bond motifs is 1. The SMILES string of the molecule is CCO[C@]1(C(=O)O)C[C@@H](c2ccc(Cl)cc2)Nc2c(OC)ccc(OC)c21. The summed E-state index contributed by atoms with van der Waals surface area (Å²) in [7, 11) is 3.05. The van der Waals surface area contributed by atoms with Gasteiger partial charge in [-0.05, 0) is 36.8 Å². The van der Waals surface area contributed by atoms with Gasteiger partial charge >= 0.3 is 5.97 Å². The Labute approximate surface area is 163 Å². The van der Waals surface area contributed by atoms with Crippen LogP contribution in [0.2, 0.25) is 5.02 Å². The molecule has 1 aliphatic heterocycles. The third-order valence-corrected chi connectivity index (χ3v) is 5.04. The molecule has 3 rings (SSSR count). The normalized spacial score (nSPS) is 21.1. The molecule has 0 amide bonds. The quantitative estimate of drug-likeness (QED) is 0.767. The lowest BCUT2D eigenvalue weighted by atomic mass is 9.79. The highest BCUT2D eigenvalue weighted by atomic mass is 35.5. The van der Waals surface area contributed by atoms with Gasteiger partial charge in [0, 0.05) is 18.1 Å². The van der Waals surface area contributed by atoms with Gasteiger partial charge in [0.05, 0.1) is 31.5 Å². The van der Waals surface area contributed by atoms with Crippen LogP contribution < -0.4 is 14.8 Å². The summed E-state index contributed by atoms with van der Waals surface area (Å²) in [5.41, 5.74) is 0.322. The minimum Gasteiger partial charge on any atom is -0.496 e. The molecule has 2 N–H and O–H groups in total. The van der Waals surface area contributed by atoms with Crippen molar-refractivity contribution in [2.45, 2.75) is 25.0 Å². The number of rotatable bonds is 6. The predicted octanol–water partition coefficient (Wildman–Crippen LogP) is 4.23. The number of methoxy groups -OCH3 is 2. The summed E-state index contributed by atoms with van der Waals surface area (Å²) < 4.78 is 16.8. The molecule has 1 heterocycles. The molecular weight excluding hydrogens is 370 g/mol. The van der Waals surface area contributed by atoms with E-state index in [0.717, 1.165) is 5.56 Å². The fourth-order valence-electron chi connectivity index (χ4n) is 3.59. The summed E-state index contributed by atoms with van der Waals surface area (Å²) >= 11 is 6.00. The molecule has 0 radical (unpaired) electrons. The standard InChI is InChI=1S/C20H22ClNO5/c1-4-27-20(19(23)24)11-14(12-5-7-13(21)8-6-12)22-18-16(26-3)10-9-15(25-2)17(18)20/h5-10,14,22H,4,11H2,1-3H3,(H,23,24)/t14-,20+/m0/s1. The van der Waals surface area contributed by atoms with Crippen LogP contribution in [0.4, 0.5) is 5.69 Å². The van der Waals surface area contributed by atoms with Crippen molar-refractivity contribution in [2.24, 2.45) is 0 Å². The van der Waals surface area contributed by atoms with Gasteiger partial charge in [-0.1, -0.05) is 23.7 Å². The number of carbonyl (C=O) groups is 1. The fourth-order valence-corrected chi connectivity index (χ4v) is 3.72.